The van der Waals surface area contributed by atoms with Gasteiger partial charge in [-0.15, -0.1) is 0 Å². The van der Waals surface area contributed by atoms with Crippen molar-refractivity contribution in [3.8, 4) is 33.4 Å². The molecule has 57 heavy (non-hydrogen) atoms. The van der Waals surface area contributed by atoms with Gasteiger partial charge in [0.25, 0.3) is 0 Å². The van der Waals surface area contributed by atoms with Crippen LogP contribution >= 0.6 is 0 Å². The van der Waals surface area contributed by atoms with Crippen molar-refractivity contribution in [1.29, 1.82) is 0 Å². The third kappa shape index (κ3) is 5.98. The van der Waals surface area contributed by atoms with Crippen LogP contribution in [0.4, 0.5) is 34.1 Å². The van der Waals surface area contributed by atoms with Crippen LogP contribution in [0.3, 0.4) is 0 Å². The van der Waals surface area contributed by atoms with Crippen molar-refractivity contribution in [2.24, 2.45) is 0 Å². The van der Waals surface area contributed by atoms with Gasteiger partial charge in [-0.25, -0.2) is 0 Å². The Hall–Kier alpha value is -7.16. The molecule has 0 unspecified atom stereocenters. The van der Waals surface area contributed by atoms with E-state index in [4.69, 9.17) is 0 Å². The Balaban J connectivity index is 1.23. The number of hydrogen-bond donors (Lipinski definition) is 0. The van der Waals surface area contributed by atoms with Crippen molar-refractivity contribution in [2.45, 2.75) is 19.3 Å². The number of fused-ring (bicyclic) bond motifs is 3. The first-order valence-corrected chi connectivity index (χ1v) is 19.8. The molecule has 0 aromatic heterocycles. The minimum Gasteiger partial charge on any atom is -0.310 e. The zero-order chi connectivity index (χ0) is 38.3. The van der Waals surface area contributed by atoms with E-state index in [0.29, 0.717) is 0 Å². The molecule has 1 aliphatic heterocycles. The van der Waals surface area contributed by atoms with Crippen molar-refractivity contribution in [1.82, 2.24) is 0 Å². The maximum absolute atomic E-state index is 2.54. The third-order valence-corrected chi connectivity index (χ3v) is 11.6. The van der Waals surface area contributed by atoms with E-state index in [1.807, 2.05) is 0 Å². The van der Waals surface area contributed by atoms with E-state index in [1.165, 1.54) is 72.3 Å². The molecule has 0 saturated carbocycles. The zero-order valence-electron chi connectivity index (χ0n) is 32.2. The number of rotatable bonds is 7. The third-order valence-electron chi connectivity index (χ3n) is 11.6. The summed E-state index contributed by atoms with van der Waals surface area (Å²) in [5, 5.41) is 2.43. The Bertz CT molecular complexity index is 2760. The van der Waals surface area contributed by atoms with Crippen molar-refractivity contribution < 1.29 is 0 Å². The molecule has 0 atom stereocenters. The highest BCUT2D eigenvalue weighted by Crippen LogP contribution is 2.58. The van der Waals surface area contributed by atoms with Gasteiger partial charge in [0, 0.05) is 33.3 Å². The maximum atomic E-state index is 2.54. The Kier molecular flexibility index (Phi) is 8.53. The van der Waals surface area contributed by atoms with Crippen molar-refractivity contribution in [3.63, 3.8) is 0 Å². The SMILES string of the molecule is CC1(C)c2ccccc2N(c2c(-c3ccccc3)ccc3ccccc23)c2cccc(N(c3ccc(-c4ccccc4)cc3)c3ccc(-c4ccccc4)cc3)c21. The topological polar surface area (TPSA) is 6.48 Å². The normalized spacial score (nSPS) is 12.8. The summed E-state index contributed by atoms with van der Waals surface area (Å²) >= 11 is 0. The Morgan fingerprint density at radius 2 is 0.877 bits per heavy atom. The van der Waals surface area contributed by atoms with E-state index in [-0.39, 0.29) is 5.41 Å². The first kappa shape index (κ1) is 34.3. The first-order chi connectivity index (χ1) is 28.1. The van der Waals surface area contributed by atoms with E-state index >= 15 is 0 Å². The lowest BCUT2D eigenvalue weighted by atomic mass is 9.72. The largest absolute Gasteiger partial charge is 0.310 e. The molecule has 9 aromatic rings. The first-order valence-electron chi connectivity index (χ1n) is 19.8. The highest BCUT2D eigenvalue weighted by Gasteiger charge is 2.41. The second kappa shape index (κ2) is 14.2. The molecule has 0 fully saturated rings. The van der Waals surface area contributed by atoms with E-state index < -0.39 is 0 Å². The van der Waals surface area contributed by atoms with Gasteiger partial charge in [0.15, 0.2) is 0 Å². The van der Waals surface area contributed by atoms with E-state index in [1.54, 1.807) is 0 Å². The number of hydrogen-bond acceptors (Lipinski definition) is 2. The summed E-state index contributed by atoms with van der Waals surface area (Å²) in [6, 6.07) is 79.4. The predicted octanol–water partition coefficient (Wildman–Crippen LogP) is 15.4. The number of para-hydroxylation sites is 1. The summed E-state index contributed by atoms with van der Waals surface area (Å²) in [4.78, 5) is 5.00. The average molecular weight is 731 g/mol. The molecule has 1 aliphatic rings. The summed E-state index contributed by atoms with van der Waals surface area (Å²) in [5.41, 5.74) is 16.3. The Labute approximate surface area is 335 Å². The van der Waals surface area contributed by atoms with Crippen molar-refractivity contribution in [3.05, 3.63) is 230 Å². The molecule has 0 N–H and O–H groups in total. The van der Waals surface area contributed by atoms with Gasteiger partial charge >= 0.3 is 0 Å². The molecule has 1 heterocycles. The lowest BCUT2D eigenvalue weighted by Crippen LogP contribution is -2.32. The number of nitrogens with zero attached hydrogens (tertiary/aromatic N) is 2. The smallest absolute Gasteiger partial charge is 0.0618 e. The van der Waals surface area contributed by atoms with Crippen LogP contribution in [0, 0.1) is 0 Å². The molecule has 0 bridgehead atoms. The van der Waals surface area contributed by atoms with Gasteiger partial charge < -0.3 is 9.80 Å². The molecule has 0 saturated heterocycles. The van der Waals surface area contributed by atoms with E-state index in [2.05, 4.69) is 242 Å². The molecule has 0 amide bonds. The van der Waals surface area contributed by atoms with Crippen LogP contribution in [-0.4, -0.2) is 0 Å². The highest BCUT2D eigenvalue weighted by atomic mass is 15.2. The fraction of sp³-hybridized carbons (Fsp3) is 0.0545. The number of benzene rings is 9. The fourth-order valence-electron chi connectivity index (χ4n) is 8.88. The van der Waals surface area contributed by atoms with Crippen LogP contribution in [0.2, 0.25) is 0 Å². The predicted molar refractivity (Wildman–Crippen MR) is 242 cm³/mol. The van der Waals surface area contributed by atoms with Gasteiger partial charge in [-0.2, -0.15) is 0 Å². The maximum Gasteiger partial charge on any atom is 0.0618 e. The second-order valence-corrected chi connectivity index (χ2v) is 15.4. The average Bonchev–Trinajstić information content (AvgIpc) is 3.28. The van der Waals surface area contributed by atoms with Crippen LogP contribution in [0.5, 0.6) is 0 Å². The van der Waals surface area contributed by atoms with Gasteiger partial charge in [0.2, 0.25) is 0 Å². The molecule has 272 valence electrons. The van der Waals surface area contributed by atoms with E-state index in [9.17, 15) is 0 Å². The molecule has 9 aromatic carbocycles. The van der Waals surface area contributed by atoms with Crippen LogP contribution < -0.4 is 9.80 Å². The standard InChI is InChI=1S/C55H42N2/c1-55(2)49-25-14-15-26-50(49)57(54-47-24-13-12-23-44(47)33-38-48(54)43-21-10-5-11-22-43)52-28-16-27-51(53(52)55)56(45-34-29-41(30-35-45)39-17-6-3-7-18-39)46-36-31-42(32-37-46)40-19-8-4-9-20-40/h3-38H,1-2H3. The quantitative estimate of drug-likeness (QED) is 0.161. The van der Waals surface area contributed by atoms with Crippen molar-refractivity contribution in [2.75, 3.05) is 9.80 Å². The van der Waals surface area contributed by atoms with Crippen LogP contribution in [0.25, 0.3) is 44.2 Å². The van der Waals surface area contributed by atoms with Gasteiger partial charge in [-0.3, -0.25) is 0 Å². The summed E-state index contributed by atoms with van der Waals surface area (Å²) in [7, 11) is 0. The Morgan fingerprint density at radius 1 is 0.386 bits per heavy atom. The van der Waals surface area contributed by atoms with Crippen molar-refractivity contribution >= 4 is 44.9 Å². The lowest BCUT2D eigenvalue weighted by Gasteiger charge is -2.45. The van der Waals surface area contributed by atoms with Gasteiger partial charge in [-0.05, 0) is 81.2 Å². The fourth-order valence-corrected chi connectivity index (χ4v) is 8.88. The monoisotopic (exact) mass is 730 g/mol. The summed E-state index contributed by atoms with van der Waals surface area (Å²) in [6.07, 6.45) is 0. The van der Waals surface area contributed by atoms with Gasteiger partial charge in [0.1, 0.15) is 0 Å². The van der Waals surface area contributed by atoms with Gasteiger partial charge in [0.05, 0.1) is 22.7 Å². The molecule has 2 nitrogen and oxygen atoms in total. The molecular weight excluding hydrogens is 689 g/mol. The number of anilines is 6. The van der Waals surface area contributed by atoms with Crippen LogP contribution in [0.15, 0.2) is 218 Å². The molecule has 10 rings (SSSR count). The second-order valence-electron chi connectivity index (χ2n) is 15.4. The lowest BCUT2D eigenvalue weighted by molar-refractivity contribution is 0.632. The zero-order valence-corrected chi connectivity index (χ0v) is 32.2. The summed E-state index contributed by atoms with van der Waals surface area (Å²) in [5.74, 6) is 0. The summed E-state index contributed by atoms with van der Waals surface area (Å²) in [6.45, 7) is 4.78. The molecule has 0 radical (unpaired) electrons. The molecule has 2 heteroatoms. The Morgan fingerprint density at radius 3 is 1.49 bits per heavy atom. The van der Waals surface area contributed by atoms with Crippen LogP contribution in [-0.2, 0) is 5.41 Å². The minimum absolute atomic E-state index is 0.345. The van der Waals surface area contributed by atoms with Crippen LogP contribution in [0.1, 0.15) is 25.0 Å². The highest BCUT2D eigenvalue weighted by molar-refractivity contribution is 6.08. The molecular formula is C55H42N2. The molecule has 0 aliphatic carbocycles. The van der Waals surface area contributed by atoms with Gasteiger partial charge in [-0.1, -0.05) is 190 Å². The molecule has 0 spiro atoms. The van der Waals surface area contributed by atoms with E-state index in [0.717, 1.165) is 17.1 Å². The summed E-state index contributed by atoms with van der Waals surface area (Å²) < 4.78 is 0. The minimum atomic E-state index is -0.345.